The summed E-state index contributed by atoms with van der Waals surface area (Å²) in [7, 11) is 1.74. The lowest BCUT2D eigenvalue weighted by atomic mass is 9.78. The van der Waals surface area contributed by atoms with E-state index in [4.69, 9.17) is 0 Å². The third-order valence-corrected chi connectivity index (χ3v) is 3.99. The minimum absolute atomic E-state index is 0.0435. The number of hydrogen-bond acceptors (Lipinski definition) is 4. The summed E-state index contributed by atoms with van der Waals surface area (Å²) in [6, 6.07) is 0. The van der Waals surface area contributed by atoms with E-state index in [0.29, 0.717) is 16.8 Å². The number of aromatic nitrogens is 3. The van der Waals surface area contributed by atoms with E-state index in [2.05, 4.69) is 24.0 Å². The molecule has 0 aliphatic rings. The highest BCUT2D eigenvalue weighted by Crippen LogP contribution is 2.27. The number of hydrogen-bond donors (Lipinski definition) is 0. The van der Waals surface area contributed by atoms with E-state index >= 15 is 0 Å². The molecular weight excluding hydrogens is 222 g/mol. The Bertz CT molecular complexity index is 437. The predicted molar refractivity (Wildman–Crippen MR) is 66.9 cm³/mol. The van der Waals surface area contributed by atoms with Crippen LogP contribution in [0.25, 0.3) is 0 Å². The maximum Gasteiger partial charge on any atom is 0.276 e. The Balaban J connectivity index is 3.39. The number of rotatable bonds is 3. The van der Waals surface area contributed by atoms with Crippen molar-refractivity contribution in [2.24, 2.45) is 13.0 Å². The molecular formula is C11H19N3OS. The molecule has 16 heavy (non-hydrogen) atoms. The largest absolute Gasteiger partial charge is 0.288 e. The average Bonchev–Trinajstić information content (AvgIpc) is 2.21. The first-order chi connectivity index (χ1) is 7.32. The maximum absolute atomic E-state index is 12.1. The van der Waals surface area contributed by atoms with Crippen molar-refractivity contribution in [1.82, 2.24) is 14.8 Å². The molecule has 0 fully saturated rings. The lowest BCUT2D eigenvalue weighted by Crippen LogP contribution is -2.37. The zero-order chi connectivity index (χ0) is 12.5. The molecule has 90 valence electrons. The van der Waals surface area contributed by atoms with E-state index in [1.807, 2.05) is 20.1 Å². The van der Waals surface area contributed by atoms with Crippen LogP contribution in [0.15, 0.2) is 9.95 Å². The Morgan fingerprint density at radius 1 is 1.31 bits per heavy atom. The summed E-state index contributed by atoms with van der Waals surface area (Å²) in [6.07, 6.45) is 1.89. The van der Waals surface area contributed by atoms with Crippen molar-refractivity contribution in [3.05, 3.63) is 16.0 Å². The zero-order valence-corrected chi connectivity index (χ0v) is 11.6. The van der Waals surface area contributed by atoms with Crippen LogP contribution in [0.5, 0.6) is 0 Å². The smallest absolute Gasteiger partial charge is 0.276 e. The normalized spacial score (nSPS) is 12.2. The fourth-order valence-corrected chi connectivity index (χ4v) is 1.78. The van der Waals surface area contributed by atoms with Crippen molar-refractivity contribution < 1.29 is 0 Å². The van der Waals surface area contributed by atoms with Gasteiger partial charge in [0.15, 0.2) is 5.16 Å². The van der Waals surface area contributed by atoms with Crippen LogP contribution in [-0.2, 0) is 12.5 Å². The number of nitrogens with zero attached hydrogens (tertiary/aromatic N) is 3. The highest BCUT2D eigenvalue weighted by molar-refractivity contribution is 7.98. The second-order valence-electron chi connectivity index (χ2n) is 4.78. The molecule has 0 aromatic carbocycles. The van der Waals surface area contributed by atoms with Gasteiger partial charge < -0.3 is 0 Å². The molecule has 0 aliphatic heterocycles. The van der Waals surface area contributed by atoms with Crippen molar-refractivity contribution in [1.29, 1.82) is 0 Å². The fourth-order valence-electron chi connectivity index (χ4n) is 1.30. The lowest BCUT2D eigenvalue weighted by molar-refractivity contribution is 0.348. The van der Waals surface area contributed by atoms with Crippen LogP contribution in [0, 0.1) is 5.92 Å². The molecule has 0 spiro atoms. The monoisotopic (exact) mass is 241 g/mol. The van der Waals surface area contributed by atoms with Crippen molar-refractivity contribution in [3.8, 4) is 0 Å². The van der Waals surface area contributed by atoms with Crippen molar-refractivity contribution in [2.75, 3.05) is 6.26 Å². The molecule has 1 aromatic heterocycles. The second-order valence-corrected chi connectivity index (χ2v) is 5.55. The minimum Gasteiger partial charge on any atom is -0.288 e. The lowest BCUT2D eigenvalue weighted by Gasteiger charge is -2.27. The third kappa shape index (κ3) is 2.14. The van der Waals surface area contributed by atoms with Crippen LogP contribution >= 0.6 is 11.8 Å². The fraction of sp³-hybridized carbons (Fsp3) is 0.727. The summed E-state index contributed by atoms with van der Waals surface area (Å²) in [5, 5.41) is 8.83. The summed E-state index contributed by atoms with van der Waals surface area (Å²) in [4.78, 5) is 12.1. The standard InChI is InChI=1S/C11H19N3OS/c1-7(2)11(3,4)8-9(15)14(5)10(16-6)13-12-8/h7H,1-6H3. The van der Waals surface area contributed by atoms with E-state index in [1.165, 1.54) is 11.8 Å². The van der Waals surface area contributed by atoms with Crippen LogP contribution in [0.1, 0.15) is 33.4 Å². The van der Waals surface area contributed by atoms with Crippen molar-refractivity contribution in [3.63, 3.8) is 0 Å². The van der Waals surface area contributed by atoms with Gasteiger partial charge in [-0.25, -0.2) is 0 Å². The average molecular weight is 241 g/mol. The van der Waals surface area contributed by atoms with E-state index in [-0.39, 0.29) is 11.0 Å². The van der Waals surface area contributed by atoms with Gasteiger partial charge in [-0.3, -0.25) is 9.36 Å². The van der Waals surface area contributed by atoms with Gasteiger partial charge in [0.2, 0.25) is 0 Å². The molecule has 0 radical (unpaired) electrons. The van der Waals surface area contributed by atoms with Crippen LogP contribution in [0.2, 0.25) is 0 Å². The topological polar surface area (TPSA) is 47.8 Å². The highest BCUT2D eigenvalue weighted by atomic mass is 32.2. The van der Waals surface area contributed by atoms with Crippen molar-refractivity contribution in [2.45, 2.75) is 38.3 Å². The summed E-state index contributed by atoms with van der Waals surface area (Å²) in [5.74, 6) is 0.342. The molecule has 0 saturated heterocycles. The van der Waals surface area contributed by atoms with E-state index in [0.717, 1.165) is 0 Å². The highest BCUT2D eigenvalue weighted by Gasteiger charge is 2.30. The van der Waals surface area contributed by atoms with Gasteiger partial charge in [-0.05, 0) is 12.2 Å². The Morgan fingerprint density at radius 2 is 1.88 bits per heavy atom. The first kappa shape index (κ1) is 13.2. The van der Waals surface area contributed by atoms with Gasteiger partial charge in [0, 0.05) is 12.5 Å². The van der Waals surface area contributed by atoms with E-state index in [9.17, 15) is 4.79 Å². The quantitative estimate of drug-likeness (QED) is 0.758. The Labute approximate surface area is 100 Å². The Kier molecular flexibility index (Phi) is 3.78. The van der Waals surface area contributed by atoms with E-state index in [1.54, 1.807) is 11.6 Å². The van der Waals surface area contributed by atoms with Crippen LogP contribution in [0.4, 0.5) is 0 Å². The SMILES string of the molecule is CSc1nnc(C(C)(C)C(C)C)c(=O)n1C. The molecule has 1 rings (SSSR count). The summed E-state index contributed by atoms with van der Waals surface area (Å²) in [6.45, 7) is 8.23. The predicted octanol–water partition coefficient (Wildman–Crippen LogP) is 1.83. The molecule has 1 heterocycles. The van der Waals surface area contributed by atoms with Gasteiger partial charge in [-0.1, -0.05) is 39.5 Å². The van der Waals surface area contributed by atoms with Gasteiger partial charge in [-0.2, -0.15) is 0 Å². The Morgan fingerprint density at radius 3 is 2.31 bits per heavy atom. The van der Waals surface area contributed by atoms with Gasteiger partial charge in [0.05, 0.1) is 0 Å². The van der Waals surface area contributed by atoms with Crippen LogP contribution in [0.3, 0.4) is 0 Å². The molecule has 0 bridgehead atoms. The molecule has 0 N–H and O–H groups in total. The summed E-state index contributed by atoms with van der Waals surface area (Å²) >= 11 is 1.43. The Hall–Kier alpha value is -0.840. The van der Waals surface area contributed by atoms with Gasteiger partial charge in [-0.15, -0.1) is 10.2 Å². The summed E-state index contributed by atoms with van der Waals surface area (Å²) < 4.78 is 1.57. The van der Waals surface area contributed by atoms with Gasteiger partial charge in [0.25, 0.3) is 5.56 Å². The van der Waals surface area contributed by atoms with Crippen molar-refractivity contribution >= 4 is 11.8 Å². The maximum atomic E-state index is 12.1. The van der Waals surface area contributed by atoms with E-state index < -0.39 is 0 Å². The van der Waals surface area contributed by atoms with Gasteiger partial charge >= 0.3 is 0 Å². The molecule has 0 amide bonds. The van der Waals surface area contributed by atoms with Crippen LogP contribution < -0.4 is 5.56 Å². The first-order valence-electron chi connectivity index (χ1n) is 5.30. The van der Waals surface area contributed by atoms with Crippen LogP contribution in [-0.4, -0.2) is 21.0 Å². The summed E-state index contributed by atoms with van der Waals surface area (Å²) in [5.41, 5.74) is 0.250. The number of thioether (sulfide) groups is 1. The van der Waals surface area contributed by atoms with Gasteiger partial charge in [0.1, 0.15) is 5.69 Å². The molecule has 0 saturated carbocycles. The molecule has 5 heteroatoms. The molecule has 0 unspecified atom stereocenters. The third-order valence-electron chi connectivity index (χ3n) is 3.27. The molecule has 0 aliphatic carbocycles. The molecule has 1 aromatic rings. The zero-order valence-electron chi connectivity index (χ0n) is 10.7. The first-order valence-corrected chi connectivity index (χ1v) is 6.53. The molecule has 0 atom stereocenters. The molecule has 4 nitrogen and oxygen atoms in total. The second kappa shape index (κ2) is 4.57. The minimum atomic E-state index is -0.251.